The first-order valence-corrected chi connectivity index (χ1v) is 9.29. The van der Waals surface area contributed by atoms with Gasteiger partial charge in [-0.3, -0.25) is 14.6 Å². The Hall–Kier alpha value is -2.47. The van der Waals surface area contributed by atoms with E-state index in [1.54, 1.807) is 19.3 Å². The number of halogens is 1. The van der Waals surface area contributed by atoms with Gasteiger partial charge in [-0.1, -0.05) is 15.9 Å². The highest BCUT2D eigenvalue weighted by atomic mass is 79.9. The number of rotatable bonds is 7. The number of hydrogen-bond acceptors (Lipinski definition) is 4. The van der Waals surface area contributed by atoms with Crippen LogP contribution in [0.2, 0.25) is 0 Å². The minimum atomic E-state index is -0.263. The van der Waals surface area contributed by atoms with Gasteiger partial charge in [0.25, 0.3) is 0 Å². The molecule has 0 unspecified atom stereocenters. The number of nitrogens with zero attached hydrogens (tertiary/aromatic N) is 2. The SMILES string of the molecule is CCOC(=O)CCCC(=O)c1cn(-c2cccnc2)c2ccc(Br)cc12. The minimum absolute atomic E-state index is 0.0139. The third-order valence-electron chi connectivity index (χ3n) is 4.08. The predicted molar refractivity (Wildman–Crippen MR) is 104 cm³/mol. The second-order valence-corrected chi connectivity index (χ2v) is 6.78. The van der Waals surface area contributed by atoms with Gasteiger partial charge in [-0.25, -0.2) is 0 Å². The average molecular weight is 415 g/mol. The minimum Gasteiger partial charge on any atom is -0.466 e. The first-order chi connectivity index (χ1) is 12.6. The molecule has 0 bridgehead atoms. The maximum atomic E-state index is 12.8. The first kappa shape index (κ1) is 18.3. The Morgan fingerprint density at radius 2 is 2.08 bits per heavy atom. The van der Waals surface area contributed by atoms with Crippen molar-refractivity contribution in [1.29, 1.82) is 0 Å². The van der Waals surface area contributed by atoms with E-state index in [9.17, 15) is 9.59 Å². The van der Waals surface area contributed by atoms with Gasteiger partial charge in [0.2, 0.25) is 0 Å². The second kappa shape index (κ2) is 8.27. The van der Waals surface area contributed by atoms with Crippen LogP contribution in [0.4, 0.5) is 0 Å². The summed E-state index contributed by atoms with van der Waals surface area (Å²) < 4.78 is 7.79. The van der Waals surface area contributed by atoms with Gasteiger partial charge in [0.15, 0.2) is 5.78 Å². The first-order valence-electron chi connectivity index (χ1n) is 8.50. The lowest BCUT2D eigenvalue weighted by Gasteiger charge is -2.04. The Kier molecular flexibility index (Phi) is 5.83. The van der Waals surface area contributed by atoms with E-state index in [4.69, 9.17) is 4.74 Å². The second-order valence-electron chi connectivity index (χ2n) is 5.87. The highest BCUT2D eigenvalue weighted by molar-refractivity contribution is 9.10. The Bertz CT molecular complexity index is 935. The summed E-state index contributed by atoms with van der Waals surface area (Å²) in [6.45, 7) is 2.13. The number of benzene rings is 1. The van der Waals surface area contributed by atoms with Crippen LogP contribution in [0.15, 0.2) is 53.4 Å². The zero-order valence-corrected chi connectivity index (χ0v) is 16.0. The summed E-state index contributed by atoms with van der Waals surface area (Å²) in [6, 6.07) is 9.68. The summed E-state index contributed by atoms with van der Waals surface area (Å²) in [4.78, 5) is 28.4. The van der Waals surface area contributed by atoms with Crippen molar-refractivity contribution in [2.24, 2.45) is 0 Å². The number of esters is 1. The standard InChI is InChI=1S/C20H19BrN2O3/c1-2-26-20(25)7-3-6-19(24)17-13-23(15-5-4-10-22-12-15)18-9-8-14(21)11-16(17)18/h4-5,8-13H,2-3,6-7H2,1H3. The molecule has 0 aliphatic rings. The molecule has 0 fully saturated rings. The zero-order chi connectivity index (χ0) is 18.5. The summed E-state index contributed by atoms with van der Waals surface area (Å²) in [5.74, 6) is -0.249. The van der Waals surface area contributed by atoms with Crippen molar-refractivity contribution in [2.45, 2.75) is 26.2 Å². The van der Waals surface area contributed by atoms with Gasteiger partial charge in [-0.15, -0.1) is 0 Å². The molecule has 0 spiro atoms. The van der Waals surface area contributed by atoms with Crippen LogP contribution >= 0.6 is 15.9 Å². The number of Topliss-reactive ketones (excluding diaryl/α,β-unsaturated/α-hetero) is 1. The molecule has 0 aliphatic carbocycles. The number of carbonyl (C=O) groups excluding carboxylic acids is 2. The molecule has 0 N–H and O–H groups in total. The molecule has 2 heterocycles. The molecule has 5 nitrogen and oxygen atoms in total. The van der Waals surface area contributed by atoms with Crippen LogP contribution in [0.25, 0.3) is 16.6 Å². The zero-order valence-electron chi connectivity index (χ0n) is 14.4. The highest BCUT2D eigenvalue weighted by Gasteiger charge is 2.17. The molecule has 6 heteroatoms. The van der Waals surface area contributed by atoms with Crippen LogP contribution in [0, 0.1) is 0 Å². The molecular weight excluding hydrogens is 396 g/mol. The largest absolute Gasteiger partial charge is 0.466 e. The summed E-state index contributed by atoms with van der Waals surface area (Å²) in [6.07, 6.45) is 6.36. The van der Waals surface area contributed by atoms with Gasteiger partial charge in [0.05, 0.1) is 24.0 Å². The smallest absolute Gasteiger partial charge is 0.305 e. The van der Waals surface area contributed by atoms with Gasteiger partial charge in [0.1, 0.15) is 0 Å². The number of ketones is 1. The highest BCUT2D eigenvalue weighted by Crippen LogP contribution is 2.28. The summed E-state index contributed by atoms with van der Waals surface area (Å²) in [5, 5.41) is 0.879. The van der Waals surface area contributed by atoms with Crippen molar-refractivity contribution in [3.05, 3.63) is 59.0 Å². The molecule has 2 aromatic heterocycles. The summed E-state index contributed by atoms with van der Waals surface area (Å²) in [5.41, 5.74) is 2.48. The molecular formula is C20H19BrN2O3. The van der Waals surface area contributed by atoms with Gasteiger partial charge in [-0.2, -0.15) is 0 Å². The molecule has 0 atom stereocenters. The van der Waals surface area contributed by atoms with Gasteiger partial charge in [0, 0.05) is 40.7 Å². The van der Waals surface area contributed by atoms with E-state index in [2.05, 4.69) is 20.9 Å². The van der Waals surface area contributed by atoms with Crippen LogP contribution in [-0.2, 0) is 9.53 Å². The molecule has 0 amide bonds. The lowest BCUT2D eigenvalue weighted by atomic mass is 10.0. The number of ether oxygens (including phenoxy) is 1. The number of aromatic nitrogens is 2. The quantitative estimate of drug-likeness (QED) is 0.415. The molecule has 0 radical (unpaired) electrons. The van der Waals surface area contributed by atoms with Crippen molar-refractivity contribution < 1.29 is 14.3 Å². The maximum absolute atomic E-state index is 12.8. The Morgan fingerprint density at radius 1 is 1.23 bits per heavy atom. The number of carbonyl (C=O) groups is 2. The predicted octanol–water partition coefficient (Wildman–Crippen LogP) is 4.70. The summed E-state index contributed by atoms with van der Waals surface area (Å²) in [7, 11) is 0. The van der Waals surface area contributed by atoms with Crippen LogP contribution in [0.3, 0.4) is 0 Å². The monoisotopic (exact) mass is 414 g/mol. The van der Waals surface area contributed by atoms with Crippen molar-refractivity contribution in [3.63, 3.8) is 0 Å². The molecule has 0 saturated heterocycles. The number of pyridine rings is 1. The Morgan fingerprint density at radius 3 is 2.81 bits per heavy atom. The van der Waals surface area contributed by atoms with E-state index >= 15 is 0 Å². The molecule has 0 saturated carbocycles. The Balaban J connectivity index is 1.89. The van der Waals surface area contributed by atoms with E-state index < -0.39 is 0 Å². The Labute approximate surface area is 160 Å². The number of hydrogen-bond donors (Lipinski definition) is 0. The molecule has 134 valence electrons. The normalized spacial score (nSPS) is 10.8. The van der Waals surface area contributed by atoms with Gasteiger partial charge >= 0.3 is 5.97 Å². The van der Waals surface area contributed by atoms with Crippen molar-refractivity contribution in [1.82, 2.24) is 9.55 Å². The molecule has 0 aliphatic heterocycles. The van der Waals surface area contributed by atoms with Crippen LogP contribution in [-0.4, -0.2) is 27.9 Å². The molecule has 1 aromatic carbocycles. The molecule has 26 heavy (non-hydrogen) atoms. The van der Waals surface area contributed by atoms with Crippen molar-refractivity contribution in [3.8, 4) is 5.69 Å². The molecule has 3 rings (SSSR count). The number of fused-ring (bicyclic) bond motifs is 1. The topological polar surface area (TPSA) is 61.2 Å². The van der Waals surface area contributed by atoms with E-state index in [-0.39, 0.29) is 18.2 Å². The lowest BCUT2D eigenvalue weighted by Crippen LogP contribution is -2.05. The summed E-state index contributed by atoms with van der Waals surface area (Å²) >= 11 is 3.48. The van der Waals surface area contributed by atoms with E-state index in [1.165, 1.54) is 0 Å². The van der Waals surface area contributed by atoms with E-state index in [0.717, 1.165) is 21.1 Å². The fourth-order valence-electron chi connectivity index (χ4n) is 2.90. The molecule has 3 aromatic rings. The van der Waals surface area contributed by atoms with Gasteiger partial charge < -0.3 is 9.30 Å². The fraction of sp³-hybridized carbons (Fsp3) is 0.250. The average Bonchev–Trinajstić information content (AvgIpc) is 3.01. The van der Waals surface area contributed by atoms with Crippen LogP contribution < -0.4 is 0 Å². The van der Waals surface area contributed by atoms with Crippen LogP contribution in [0.5, 0.6) is 0 Å². The van der Waals surface area contributed by atoms with Crippen molar-refractivity contribution >= 4 is 38.6 Å². The van der Waals surface area contributed by atoms with E-state index in [1.807, 2.05) is 41.1 Å². The third kappa shape index (κ3) is 4.02. The van der Waals surface area contributed by atoms with E-state index in [0.29, 0.717) is 25.0 Å². The van der Waals surface area contributed by atoms with Gasteiger partial charge in [-0.05, 0) is 43.7 Å². The maximum Gasteiger partial charge on any atom is 0.305 e. The van der Waals surface area contributed by atoms with Crippen molar-refractivity contribution in [2.75, 3.05) is 6.61 Å². The lowest BCUT2D eigenvalue weighted by molar-refractivity contribution is -0.143. The van der Waals surface area contributed by atoms with Crippen LogP contribution in [0.1, 0.15) is 36.5 Å². The fourth-order valence-corrected chi connectivity index (χ4v) is 3.26. The third-order valence-corrected chi connectivity index (χ3v) is 4.57.